The van der Waals surface area contributed by atoms with Crippen molar-refractivity contribution in [1.82, 2.24) is 0 Å². The summed E-state index contributed by atoms with van der Waals surface area (Å²) in [5, 5.41) is 1.23. The topological polar surface area (TPSA) is 13.1 Å². The molecule has 3 rings (SSSR count). The minimum atomic E-state index is 0.965. The zero-order chi connectivity index (χ0) is 11.8. The fourth-order valence-electron chi connectivity index (χ4n) is 2.24. The minimum absolute atomic E-state index is 0.965. The Labute approximate surface area is 101 Å². The molecular formula is C16H14O. The first-order valence-electron chi connectivity index (χ1n) is 5.80. The first-order chi connectivity index (χ1) is 8.27. The molecule has 0 fully saturated rings. The minimum Gasteiger partial charge on any atom is -0.464 e. The van der Waals surface area contributed by atoms with Crippen LogP contribution in [0.3, 0.4) is 0 Å². The van der Waals surface area contributed by atoms with E-state index >= 15 is 0 Å². The molecule has 3 aromatic rings. The van der Waals surface area contributed by atoms with Crippen molar-refractivity contribution < 1.29 is 4.42 Å². The normalized spacial score (nSPS) is 10.9. The first kappa shape index (κ1) is 10.2. The highest BCUT2D eigenvalue weighted by atomic mass is 16.3. The fraction of sp³-hybridized carbons (Fsp3) is 0.125. The van der Waals surface area contributed by atoms with Crippen LogP contribution < -0.4 is 0 Å². The smallest absolute Gasteiger partial charge is 0.134 e. The van der Waals surface area contributed by atoms with E-state index in [1.807, 2.05) is 18.4 Å². The summed E-state index contributed by atoms with van der Waals surface area (Å²) in [5.41, 5.74) is 5.96. The Hall–Kier alpha value is -2.02. The van der Waals surface area contributed by atoms with Crippen molar-refractivity contribution in [2.45, 2.75) is 13.8 Å². The van der Waals surface area contributed by atoms with Crippen LogP contribution in [-0.4, -0.2) is 0 Å². The summed E-state index contributed by atoms with van der Waals surface area (Å²) in [6.45, 7) is 4.29. The van der Waals surface area contributed by atoms with Gasteiger partial charge in [-0.3, -0.25) is 0 Å². The molecule has 1 nitrogen and oxygen atoms in total. The average Bonchev–Trinajstić information content (AvgIpc) is 2.79. The van der Waals surface area contributed by atoms with Gasteiger partial charge in [-0.05, 0) is 36.6 Å². The second-order valence-electron chi connectivity index (χ2n) is 4.40. The van der Waals surface area contributed by atoms with Crippen LogP contribution in [0, 0.1) is 13.8 Å². The number of fused-ring (bicyclic) bond motifs is 1. The molecule has 0 N–H and O–H groups in total. The number of hydrogen-bond donors (Lipinski definition) is 0. The summed E-state index contributed by atoms with van der Waals surface area (Å²) in [4.78, 5) is 0. The molecule has 0 bridgehead atoms. The molecule has 0 spiro atoms. The molecular weight excluding hydrogens is 208 g/mol. The third-order valence-electron chi connectivity index (χ3n) is 3.36. The molecule has 0 saturated carbocycles. The van der Waals surface area contributed by atoms with Crippen molar-refractivity contribution in [2.24, 2.45) is 0 Å². The van der Waals surface area contributed by atoms with Crippen molar-refractivity contribution in [2.75, 3.05) is 0 Å². The number of rotatable bonds is 1. The lowest BCUT2D eigenvalue weighted by atomic mass is 9.99. The van der Waals surface area contributed by atoms with Crippen LogP contribution in [0.15, 0.2) is 53.1 Å². The molecule has 0 saturated heterocycles. The highest BCUT2D eigenvalue weighted by molar-refractivity contribution is 5.96. The maximum Gasteiger partial charge on any atom is 0.134 e. The van der Waals surface area contributed by atoms with Crippen LogP contribution in [0.1, 0.15) is 11.1 Å². The molecule has 84 valence electrons. The molecule has 0 amide bonds. The standard InChI is InChI=1S/C16H14O/c1-11-8-9-15-16(12(11)2)14(10-17-15)13-6-4-3-5-7-13/h3-10H,1-2H3. The summed E-state index contributed by atoms with van der Waals surface area (Å²) in [6.07, 6.45) is 1.85. The van der Waals surface area contributed by atoms with Gasteiger partial charge in [0, 0.05) is 10.9 Å². The van der Waals surface area contributed by atoms with Crippen molar-refractivity contribution in [3.63, 3.8) is 0 Å². The van der Waals surface area contributed by atoms with E-state index in [1.54, 1.807) is 0 Å². The SMILES string of the molecule is Cc1ccc2occ(-c3ccccc3)c2c1C. The Morgan fingerprint density at radius 2 is 1.65 bits per heavy atom. The third kappa shape index (κ3) is 1.55. The molecule has 0 atom stereocenters. The fourth-order valence-corrected chi connectivity index (χ4v) is 2.24. The van der Waals surface area contributed by atoms with Gasteiger partial charge in [0.2, 0.25) is 0 Å². The van der Waals surface area contributed by atoms with Crippen LogP contribution in [0.25, 0.3) is 22.1 Å². The molecule has 0 aliphatic carbocycles. The van der Waals surface area contributed by atoms with Gasteiger partial charge in [-0.25, -0.2) is 0 Å². The molecule has 1 heteroatoms. The van der Waals surface area contributed by atoms with E-state index in [1.165, 1.54) is 27.6 Å². The third-order valence-corrected chi connectivity index (χ3v) is 3.36. The summed E-state index contributed by atoms with van der Waals surface area (Å²) >= 11 is 0. The molecule has 0 radical (unpaired) electrons. The maximum atomic E-state index is 5.64. The highest BCUT2D eigenvalue weighted by Gasteiger charge is 2.11. The Morgan fingerprint density at radius 1 is 0.882 bits per heavy atom. The number of aryl methyl sites for hydroxylation is 2. The van der Waals surface area contributed by atoms with E-state index in [9.17, 15) is 0 Å². The van der Waals surface area contributed by atoms with Crippen molar-refractivity contribution in [1.29, 1.82) is 0 Å². The largest absolute Gasteiger partial charge is 0.464 e. The van der Waals surface area contributed by atoms with Crippen molar-refractivity contribution in [3.05, 3.63) is 59.9 Å². The quantitative estimate of drug-likeness (QED) is 0.580. The predicted molar refractivity (Wildman–Crippen MR) is 71.1 cm³/mol. The Morgan fingerprint density at radius 3 is 2.41 bits per heavy atom. The van der Waals surface area contributed by atoms with E-state index in [2.05, 4.69) is 44.2 Å². The Kier molecular flexibility index (Phi) is 2.25. The van der Waals surface area contributed by atoms with Gasteiger partial charge < -0.3 is 4.42 Å². The maximum absolute atomic E-state index is 5.64. The summed E-state index contributed by atoms with van der Waals surface area (Å²) in [7, 11) is 0. The summed E-state index contributed by atoms with van der Waals surface area (Å²) in [5.74, 6) is 0. The molecule has 0 aliphatic heterocycles. The second-order valence-corrected chi connectivity index (χ2v) is 4.40. The monoisotopic (exact) mass is 222 g/mol. The lowest BCUT2D eigenvalue weighted by Gasteiger charge is -2.03. The number of hydrogen-bond acceptors (Lipinski definition) is 1. The molecule has 2 aromatic carbocycles. The van der Waals surface area contributed by atoms with Crippen LogP contribution in [0.4, 0.5) is 0 Å². The van der Waals surface area contributed by atoms with Gasteiger partial charge in [-0.2, -0.15) is 0 Å². The lowest BCUT2D eigenvalue weighted by Crippen LogP contribution is -1.83. The molecule has 1 aromatic heterocycles. The zero-order valence-electron chi connectivity index (χ0n) is 10.0. The summed E-state index contributed by atoms with van der Waals surface area (Å²) in [6, 6.07) is 14.5. The van der Waals surface area contributed by atoms with Gasteiger partial charge in [-0.1, -0.05) is 36.4 Å². The van der Waals surface area contributed by atoms with Crippen LogP contribution in [-0.2, 0) is 0 Å². The van der Waals surface area contributed by atoms with Crippen molar-refractivity contribution in [3.8, 4) is 11.1 Å². The van der Waals surface area contributed by atoms with Crippen LogP contribution in [0.2, 0.25) is 0 Å². The molecule has 0 aliphatic rings. The van der Waals surface area contributed by atoms with E-state index in [4.69, 9.17) is 4.42 Å². The molecule has 1 heterocycles. The number of benzene rings is 2. The van der Waals surface area contributed by atoms with Gasteiger partial charge in [0.15, 0.2) is 0 Å². The van der Waals surface area contributed by atoms with Crippen LogP contribution in [0.5, 0.6) is 0 Å². The second kappa shape index (κ2) is 3.77. The summed E-state index contributed by atoms with van der Waals surface area (Å²) < 4.78 is 5.64. The van der Waals surface area contributed by atoms with Gasteiger partial charge in [0.1, 0.15) is 5.58 Å². The molecule has 17 heavy (non-hydrogen) atoms. The van der Waals surface area contributed by atoms with Gasteiger partial charge in [0.05, 0.1) is 6.26 Å². The average molecular weight is 222 g/mol. The Bertz CT molecular complexity index is 663. The zero-order valence-corrected chi connectivity index (χ0v) is 10.0. The van der Waals surface area contributed by atoms with Gasteiger partial charge in [0.25, 0.3) is 0 Å². The lowest BCUT2D eigenvalue weighted by molar-refractivity contribution is 0.617. The predicted octanol–water partition coefficient (Wildman–Crippen LogP) is 4.72. The van der Waals surface area contributed by atoms with E-state index < -0.39 is 0 Å². The molecule has 0 unspecified atom stereocenters. The van der Waals surface area contributed by atoms with Gasteiger partial charge >= 0.3 is 0 Å². The van der Waals surface area contributed by atoms with Gasteiger partial charge in [-0.15, -0.1) is 0 Å². The van der Waals surface area contributed by atoms with E-state index in [0.29, 0.717) is 0 Å². The van der Waals surface area contributed by atoms with Crippen molar-refractivity contribution >= 4 is 11.0 Å². The van der Waals surface area contributed by atoms with E-state index in [0.717, 1.165) is 5.58 Å². The number of furan rings is 1. The van der Waals surface area contributed by atoms with Crippen LogP contribution >= 0.6 is 0 Å². The first-order valence-corrected chi connectivity index (χ1v) is 5.80. The Balaban J connectivity index is 2.35. The van der Waals surface area contributed by atoms with E-state index in [-0.39, 0.29) is 0 Å². The highest BCUT2D eigenvalue weighted by Crippen LogP contribution is 2.33.